The second kappa shape index (κ2) is 6.53. The molecule has 0 aliphatic carbocycles. The summed E-state index contributed by atoms with van der Waals surface area (Å²) >= 11 is 0. The maximum absolute atomic E-state index is 13.8. The molecular formula is C25H24FN3O. The van der Waals surface area contributed by atoms with Crippen LogP contribution in [0.5, 0.6) is 0 Å². The Hall–Kier alpha value is -2.95. The Kier molecular flexibility index (Phi) is 3.89. The molecule has 3 aliphatic rings. The molecule has 3 aromatic rings. The van der Waals surface area contributed by atoms with Gasteiger partial charge in [-0.1, -0.05) is 36.4 Å². The Bertz CT molecular complexity index is 1100. The number of carbonyl (C=O) groups is 1. The van der Waals surface area contributed by atoms with Crippen LogP contribution in [0.25, 0.3) is 11.4 Å². The molecule has 5 heteroatoms. The molecular weight excluding hydrogens is 377 g/mol. The van der Waals surface area contributed by atoms with Crippen LogP contribution in [-0.2, 0) is 10.3 Å². The number of hydrogen-bond acceptors (Lipinski definition) is 2. The lowest BCUT2D eigenvalue weighted by molar-refractivity contribution is -0.132. The molecule has 6 rings (SSSR count). The van der Waals surface area contributed by atoms with E-state index in [1.54, 1.807) is 0 Å². The van der Waals surface area contributed by atoms with Crippen molar-refractivity contribution in [1.82, 2.24) is 14.5 Å². The van der Waals surface area contributed by atoms with Crippen molar-refractivity contribution in [2.45, 2.75) is 56.1 Å². The Balaban J connectivity index is 1.44. The van der Waals surface area contributed by atoms with Gasteiger partial charge in [0.1, 0.15) is 11.6 Å². The summed E-state index contributed by atoms with van der Waals surface area (Å²) in [6.45, 7) is 0. The Morgan fingerprint density at radius 3 is 2.47 bits per heavy atom. The summed E-state index contributed by atoms with van der Waals surface area (Å²) in [6, 6.07) is 15.9. The van der Waals surface area contributed by atoms with Crippen LogP contribution in [0, 0.1) is 5.82 Å². The van der Waals surface area contributed by atoms with Gasteiger partial charge in [0, 0.05) is 36.5 Å². The average molecular weight is 401 g/mol. The number of aromatic nitrogens is 2. The highest BCUT2D eigenvalue weighted by molar-refractivity contribution is 5.79. The number of hydrogen-bond donors (Lipinski definition) is 0. The maximum Gasteiger partial charge on any atom is 0.223 e. The molecule has 2 bridgehead atoms. The smallest absolute Gasteiger partial charge is 0.223 e. The SMILES string of the molecule is O=C(CCC1(c2ccc(F)cc2)c2ccccc2-c2nccn21)N1C2CCC1CC2. The van der Waals surface area contributed by atoms with Crippen molar-refractivity contribution in [2.24, 2.45) is 0 Å². The molecule has 152 valence electrons. The molecule has 2 aromatic carbocycles. The van der Waals surface area contributed by atoms with Gasteiger partial charge in [-0.2, -0.15) is 0 Å². The molecule has 4 nitrogen and oxygen atoms in total. The molecule has 0 saturated carbocycles. The van der Waals surface area contributed by atoms with E-state index in [1.165, 1.54) is 12.1 Å². The number of nitrogens with zero attached hydrogens (tertiary/aromatic N) is 3. The number of benzene rings is 2. The van der Waals surface area contributed by atoms with Gasteiger partial charge in [-0.15, -0.1) is 0 Å². The Labute approximate surface area is 175 Å². The molecule has 30 heavy (non-hydrogen) atoms. The largest absolute Gasteiger partial charge is 0.337 e. The first-order valence-electron chi connectivity index (χ1n) is 10.9. The zero-order chi connectivity index (χ0) is 20.3. The summed E-state index contributed by atoms with van der Waals surface area (Å²) < 4.78 is 15.9. The van der Waals surface area contributed by atoms with Crippen LogP contribution in [0.15, 0.2) is 60.9 Å². The Morgan fingerprint density at radius 2 is 1.73 bits per heavy atom. The van der Waals surface area contributed by atoms with Crippen LogP contribution < -0.4 is 0 Å². The first-order valence-corrected chi connectivity index (χ1v) is 10.9. The fraction of sp³-hybridized carbons (Fsp3) is 0.360. The molecule has 1 aromatic heterocycles. The monoisotopic (exact) mass is 401 g/mol. The molecule has 0 spiro atoms. The highest BCUT2D eigenvalue weighted by Crippen LogP contribution is 2.50. The van der Waals surface area contributed by atoms with Gasteiger partial charge in [-0.3, -0.25) is 4.79 Å². The molecule has 4 heterocycles. The van der Waals surface area contributed by atoms with Crippen molar-refractivity contribution < 1.29 is 9.18 Å². The zero-order valence-corrected chi connectivity index (χ0v) is 16.8. The van der Waals surface area contributed by atoms with Crippen LogP contribution in [0.2, 0.25) is 0 Å². The van der Waals surface area contributed by atoms with Gasteiger partial charge in [-0.25, -0.2) is 9.37 Å². The van der Waals surface area contributed by atoms with E-state index in [1.807, 2.05) is 36.7 Å². The van der Waals surface area contributed by atoms with E-state index < -0.39 is 5.54 Å². The zero-order valence-electron chi connectivity index (χ0n) is 16.8. The fourth-order valence-corrected chi connectivity index (χ4v) is 6.14. The summed E-state index contributed by atoms with van der Waals surface area (Å²) in [7, 11) is 0. The molecule has 1 unspecified atom stereocenters. The number of amides is 1. The highest BCUT2D eigenvalue weighted by Gasteiger charge is 2.47. The third-order valence-electron chi connectivity index (χ3n) is 7.43. The lowest BCUT2D eigenvalue weighted by Crippen LogP contribution is -2.38. The Morgan fingerprint density at radius 1 is 1.03 bits per heavy atom. The van der Waals surface area contributed by atoms with Crippen molar-refractivity contribution >= 4 is 5.91 Å². The number of carbonyl (C=O) groups excluding carboxylic acids is 1. The summed E-state index contributed by atoms with van der Waals surface area (Å²) in [4.78, 5) is 20.1. The van der Waals surface area contributed by atoms with Crippen molar-refractivity contribution in [1.29, 1.82) is 0 Å². The van der Waals surface area contributed by atoms with Crippen LogP contribution in [-0.4, -0.2) is 32.4 Å². The van der Waals surface area contributed by atoms with E-state index in [0.717, 1.165) is 48.2 Å². The van der Waals surface area contributed by atoms with Crippen LogP contribution in [0.1, 0.15) is 49.7 Å². The molecule has 1 atom stereocenters. The van der Waals surface area contributed by atoms with E-state index in [4.69, 9.17) is 0 Å². The van der Waals surface area contributed by atoms with E-state index in [2.05, 4.69) is 26.6 Å². The van der Waals surface area contributed by atoms with Crippen LogP contribution >= 0.6 is 0 Å². The van der Waals surface area contributed by atoms with E-state index in [9.17, 15) is 9.18 Å². The molecule has 2 fully saturated rings. The van der Waals surface area contributed by atoms with Gasteiger partial charge in [0.2, 0.25) is 5.91 Å². The van der Waals surface area contributed by atoms with Gasteiger partial charge in [-0.05, 0) is 55.4 Å². The molecule has 0 radical (unpaired) electrons. The fourth-order valence-electron chi connectivity index (χ4n) is 6.14. The van der Waals surface area contributed by atoms with Crippen LogP contribution in [0.4, 0.5) is 4.39 Å². The summed E-state index contributed by atoms with van der Waals surface area (Å²) in [6.07, 6.45) is 9.49. The summed E-state index contributed by atoms with van der Waals surface area (Å²) in [5.41, 5.74) is 2.66. The van der Waals surface area contributed by atoms with Crippen molar-refractivity contribution in [2.75, 3.05) is 0 Å². The number of fused-ring (bicyclic) bond motifs is 5. The summed E-state index contributed by atoms with van der Waals surface area (Å²) in [5, 5.41) is 0. The first kappa shape index (κ1) is 17.9. The highest BCUT2D eigenvalue weighted by atomic mass is 19.1. The van der Waals surface area contributed by atoms with Crippen molar-refractivity contribution in [3.8, 4) is 11.4 Å². The summed E-state index contributed by atoms with van der Waals surface area (Å²) in [5.74, 6) is 0.909. The molecule has 3 aliphatic heterocycles. The number of rotatable bonds is 4. The maximum atomic E-state index is 13.8. The van der Waals surface area contributed by atoms with E-state index in [0.29, 0.717) is 24.9 Å². The molecule has 2 saturated heterocycles. The number of imidazole rings is 1. The second-order valence-electron chi connectivity index (χ2n) is 8.80. The molecule has 0 N–H and O–H groups in total. The normalized spacial score (nSPS) is 26.1. The predicted molar refractivity (Wildman–Crippen MR) is 112 cm³/mol. The average Bonchev–Trinajstić information content (AvgIpc) is 3.54. The number of halogens is 1. The van der Waals surface area contributed by atoms with E-state index >= 15 is 0 Å². The van der Waals surface area contributed by atoms with Gasteiger partial charge in [0.25, 0.3) is 0 Å². The third kappa shape index (κ3) is 2.38. The van der Waals surface area contributed by atoms with Crippen molar-refractivity contribution in [3.63, 3.8) is 0 Å². The topological polar surface area (TPSA) is 38.1 Å². The molecule has 1 amide bonds. The van der Waals surface area contributed by atoms with Gasteiger partial charge < -0.3 is 9.47 Å². The van der Waals surface area contributed by atoms with Gasteiger partial charge in [0.15, 0.2) is 0 Å². The minimum Gasteiger partial charge on any atom is -0.337 e. The quantitative estimate of drug-likeness (QED) is 0.634. The van der Waals surface area contributed by atoms with Gasteiger partial charge in [0.05, 0.1) is 5.54 Å². The lowest BCUT2D eigenvalue weighted by Gasteiger charge is -2.34. The lowest BCUT2D eigenvalue weighted by atomic mass is 9.79. The standard InChI is InChI=1S/C25H24FN3O/c26-18-7-5-17(6-8-18)25(14-13-23(30)29-19-9-10-20(29)12-11-19)22-4-2-1-3-21(22)24-27-15-16-28(24)25/h1-8,15-16,19-20H,9-14H2. The first-order chi connectivity index (χ1) is 14.7. The minimum atomic E-state index is -0.551. The van der Waals surface area contributed by atoms with Crippen molar-refractivity contribution in [3.05, 3.63) is 77.9 Å². The van der Waals surface area contributed by atoms with Crippen LogP contribution in [0.3, 0.4) is 0 Å². The third-order valence-corrected chi connectivity index (χ3v) is 7.43. The predicted octanol–water partition coefficient (Wildman–Crippen LogP) is 4.73. The van der Waals surface area contributed by atoms with Gasteiger partial charge >= 0.3 is 0 Å². The van der Waals surface area contributed by atoms with E-state index in [-0.39, 0.29) is 11.7 Å². The second-order valence-corrected chi connectivity index (χ2v) is 8.80. The minimum absolute atomic E-state index is 0.254.